The molecule has 2 heterocycles. The number of hydrogen-bond donors (Lipinski definition) is 0. The van der Waals surface area contributed by atoms with Crippen LogP contribution < -0.4 is 9.80 Å². The maximum absolute atomic E-state index is 5.48. The van der Waals surface area contributed by atoms with Crippen molar-refractivity contribution in [3.05, 3.63) is 120 Å². The summed E-state index contributed by atoms with van der Waals surface area (Å²) in [7, 11) is 4.31. The summed E-state index contributed by atoms with van der Waals surface area (Å²) in [6.07, 6.45) is 0. The Bertz CT molecular complexity index is 1870. The van der Waals surface area contributed by atoms with E-state index in [0.29, 0.717) is 0 Å². The van der Waals surface area contributed by atoms with Crippen LogP contribution in [0.4, 0.5) is 34.1 Å². The van der Waals surface area contributed by atoms with Crippen molar-refractivity contribution < 1.29 is 9.39 Å². The highest BCUT2D eigenvalue weighted by atomic mass is 15.7. The van der Waals surface area contributed by atoms with E-state index in [9.17, 15) is 0 Å². The fraction of sp³-hybridized carbons (Fsp3) is 0.176. The highest BCUT2D eigenvalue weighted by Crippen LogP contribution is 2.52. The van der Waals surface area contributed by atoms with Crippen LogP contribution in [0.15, 0.2) is 113 Å². The van der Waals surface area contributed by atoms with Gasteiger partial charge in [0.25, 0.3) is 5.69 Å². The third-order valence-corrected chi connectivity index (χ3v) is 8.13. The third kappa shape index (κ3) is 3.35. The minimum Gasteiger partial charge on any atom is -0.228 e. The largest absolute Gasteiger partial charge is 0.590 e. The molecule has 0 saturated heterocycles. The number of fused-ring (bicyclic) bond motifs is 3. The van der Waals surface area contributed by atoms with Crippen LogP contribution in [-0.4, -0.2) is 29.4 Å². The predicted molar refractivity (Wildman–Crippen MR) is 161 cm³/mol. The molecule has 0 aliphatic carbocycles. The maximum Gasteiger partial charge on any atom is 0.590 e. The van der Waals surface area contributed by atoms with Crippen LogP contribution in [-0.2, 0) is 0 Å². The number of para-hydroxylation sites is 1. The highest BCUT2D eigenvalue weighted by Gasteiger charge is 2.71. The van der Waals surface area contributed by atoms with E-state index in [1.165, 1.54) is 16.7 Å². The second kappa shape index (κ2) is 8.85. The molecule has 1 atom stereocenters. The molecule has 196 valence electrons. The normalized spacial score (nSPS) is 17.9. The molecule has 0 amide bonds. The zero-order valence-corrected chi connectivity index (χ0v) is 23.5. The van der Waals surface area contributed by atoms with Gasteiger partial charge in [-0.1, -0.05) is 60.7 Å². The summed E-state index contributed by atoms with van der Waals surface area (Å²) in [5.74, 6) is -0.971. The molecule has 0 aromatic heterocycles. The molecule has 5 aromatic rings. The van der Waals surface area contributed by atoms with Crippen molar-refractivity contribution in [1.82, 2.24) is 0 Å². The molecule has 5 aromatic carbocycles. The molecule has 2 aliphatic rings. The van der Waals surface area contributed by atoms with E-state index in [2.05, 4.69) is 151 Å². The van der Waals surface area contributed by atoms with Crippen molar-refractivity contribution >= 4 is 44.9 Å². The highest BCUT2D eigenvalue weighted by molar-refractivity contribution is 5.91. The first-order valence-corrected chi connectivity index (χ1v) is 13.7. The fourth-order valence-electron chi connectivity index (χ4n) is 6.40. The monoisotopic (exact) mass is 524 g/mol. The lowest BCUT2D eigenvalue weighted by Crippen LogP contribution is -2.71. The van der Waals surface area contributed by atoms with Gasteiger partial charge in [0.1, 0.15) is 0 Å². The van der Waals surface area contributed by atoms with E-state index in [1.54, 1.807) is 0 Å². The Hall–Kier alpha value is -4.84. The summed E-state index contributed by atoms with van der Waals surface area (Å²) in [5, 5.41) is 13.2. The Morgan fingerprint density at radius 2 is 1.32 bits per heavy atom. The Morgan fingerprint density at radius 3 is 2.15 bits per heavy atom. The lowest BCUT2D eigenvalue weighted by molar-refractivity contribution is -0.814. The fourth-order valence-corrected chi connectivity index (χ4v) is 6.40. The Kier molecular flexibility index (Phi) is 5.36. The lowest BCUT2D eigenvalue weighted by atomic mass is 10.0. The molecule has 0 unspecified atom stereocenters. The number of azo groups is 4. The van der Waals surface area contributed by atoms with E-state index >= 15 is 0 Å². The summed E-state index contributed by atoms with van der Waals surface area (Å²) in [6.45, 7) is 6.41. The minimum absolute atomic E-state index is 0.926. The average molecular weight is 525 g/mol. The van der Waals surface area contributed by atoms with Crippen molar-refractivity contribution in [2.45, 2.75) is 26.7 Å². The molecule has 0 N–H and O–H groups in total. The first-order chi connectivity index (χ1) is 19.4. The van der Waals surface area contributed by atoms with Crippen LogP contribution >= 0.6 is 0 Å². The zero-order chi connectivity index (χ0) is 27.6. The Balaban J connectivity index is 1.65. The molecule has 0 bridgehead atoms. The van der Waals surface area contributed by atoms with Gasteiger partial charge in [0.2, 0.25) is 5.69 Å². The first-order valence-electron chi connectivity index (χ1n) is 13.7. The van der Waals surface area contributed by atoms with Gasteiger partial charge in [-0.15, -0.1) is 0 Å². The predicted octanol–water partition coefficient (Wildman–Crippen LogP) is 8.83. The van der Waals surface area contributed by atoms with Crippen molar-refractivity contribution in [1.29, 1.82) is 0 Å². The quantitative estimate of drug-likeness (QED) is 0.216. The van der Waals surface area contributed by atoms with Gasteiger partial charge in [-0.3, -0.25) is 0 Å². The van der Waals surface area contributed by atoms with Gasteiger partial charge in [-0.05, 0) is 67.1 Å². The van der Waals surface area contributed by atoms with E-state index in [4.69, 9.17) is 10.2 Å². The number of anilines is 2. The van der Waals surface area contributed by atoms with E-state index in [1.807, 2.05) is 6.07 Å². The average Bonchev–Trinajstić information content (AvgIpc) is 2.95. The van der Waals surface area contributed by atoms with Crippen LogP contribution in [0.25, 0.3) is 10.8 Å². The van der Waals surface area contributed by atoms with Crippen molar-refractivity contribution in [3.8, 4) is 0 Å². The topological polar surface area (TPSA) is 37.2 Å². The molecular weight excluding hydrogens is 492 g/mol. The maximum atomic E-state index is 5.48. The zero-order valence-electron chi connectivity index (χ0n) is 23.5. The van der Waals surface area contributed by atoms with Crippen LogP contribution in [0.3, 0.4) is 0 Å². The molecule has 0 radical (unpaired) electrons. The molecule has 7 rings (SSSR count). The van der Waals surface area contributed by atoms with E-state index in [-0.39, 0.29) is 0 Å². The summed E-state index contributed by atoms with van der Waals surface area (Å²) in [5.41, 5.74) is 9.50. The smallest absolute Gasteiger partial charge is 0.228 e. The number of benzene rings is 5. The molecule has 1 spiro atoms. The van der Waals surface area contributed by atoms with Crippen molar-refractivity contribution in [2.24, 2.45) is 10.2 Å². The van der Waals surface area contributed by atoms with Gasteiger partial charge >= 0.3 is 5.91 Å². The molecule has 0 saturated carbocycles. The van der Waals surface area contributed by atoms with Gasteiger partial charge < -0.3 is 0 Å². The molecular formula is C34H32N6+2. The minimum atomic E-state index is -0.971. The molecule has 40 heavy (non-hydrogen) atoms. The Labute approximate surface area is 234 Å². The summed E-state index contributed by atoms with van der Waals surface area (Å²) < 4.78 is 4.29. The third-order valence-electron chi connectivity index (χ3n) is 8.13. The van der Waals surface area contributed by atoms with Crippen LogP contribution in [0, 0.1) is 20.8 Å². The molecule has 0 fully saturated rings. The standard InChI is InChI=1S/C34H32N6/c1-23-18-19-32-29(21-23)35-39(27-14-7-6-8-15-27)34(37(32)4)38(5)33-25(3)20-24(2)22-30(33)36-40(34)31-17-11-13-26-12-9-10-16-28(26)31/h6-22H,1-5H3/q+2/t34-/m0/s1. The second-order valence-electron chi connectivity index (χ2n) is 10.8. The first kappa shape index (κ1) is 24.2. The number of hydrogen-bond acceptors (Lipinski definition) is 4. The lowest BCUT2D eigenvalue weighted by Gasteiger charge is -2.42. The molecule has 2 aliphatic heterocycles. The van der Waals surface area contributed by atoms with Gasteiger partial charge in [0.05, 0.1) is 16.8 Å². The van der Waals surface area contributed by atoms with Crippen molar-refractivity contribution in [3.63, 3.8) is 0 Å². The van der Waals surface area contributed by atoms with Gasteiger partial charge in [-0.25, -0.2) is 9.80 Å². The summed E-state index contributed by atoms with van der Waals surface area (Å²) in [4.78, 5) is 4.65. The van der Waals surface area contributed by atoms with Gasteiger partial charge in [-0.2, -0.15) is 0 Å². The Morgan fingerprint density at radius 1 is 0.625 bits per heavy atom. The number of aryl methyl sites for hydroxylation is 3. The van der Waals surface area contributed by atoms with E-state index < -0.39 is 5.91 Å². The second-order valence-corrected chi connectivity index (χ2v) is 10.8. The van der Waals surface area contributed by atoms with E-state index in [0.717, 1.165) is 44.9 Å². The summed E-state index contributed by atoms with van der Waals surface area (Å²) >= 11 is 0. The number of rotatable bonds is 2. The van der Waals surface area contributed by atoms with Crippen LogP contribution in [0.2, 0.25) is 0 Å². The molecule has 6 nitrogen and oxygen atoms in total. The van der Waals surface area contributed by atoms with Crippen LogP contribution in [0.5, 0.6) is 0 Å². The SMILES string of the molecule is Cc1ccc2c(c1)N=[N+](c1ccccc1)[C@]1(N2C)N(C)c2c(C)cc(C)cc2N=[N+]1c1cccc2ccccc12. The van der Waals surface area contributed by atoms with Gasteiger partial charge in [0, 0.05) is 51.9 Å². The summed E-state index contributed by atoms with van der Waals surface area (Å²) in [6, 6.07) is 36.2. The number of nitrogens with zero attached hydrogens (tertiary/aromatic N) is 6. The molecule has 6 heteroatoms. The van der Waals surface area contributed by atoms with Gasteiger partial charge in [0.15, 0.2) is 11.4 Å². The van der Waals surface area contributed by atoms with Crippen LogP contribution in [0.1, 0.15) is 16.7 Å². The van der Waals surface area contributed by atoms with Crippen molar-refractivity contribution in [2.75, 3.05) is 23.9 Å².